The van der Waals surface area contributed by atoms with Crippen molar-refractivity contribution >= 4 is 6.29 Å². The molecule has 1 aliphatic heterocycles. The lowest BCUT2D eigenvalue weighted by Crippen LogP contribution is -2.63. The highest BCUT2D eigenvalue weighted by Crippen LogP contribution is 2.50. The molecule has 1 N–H and O–H groups in total. The van der Waals surface area contributed by atoms with E-state index in [1.165, 1.54) is 5.57 Å². The van der Waals surface area contributed by atoms with E-state index in [2.05, 4.69) is 65.5 Å². The van der Waals surface area contributed by atoms with Crippen LogP contribution < -0.4 is 5.43 Å². The highest BCUT2D eigenvalue weighted by atomic mass is 16.1. The molecule has 1 fully saturated rings. The second-order valence-electron chi connectivity index (χ2n) is 7.81. The number of hydrogen-bond acceptors (Lipinski definition) is 3. The van der Waals surface area contributed by atoms with Crippen molar-refractivity contribution in [3.63, 3.8) is 0 Å². The van der Waals surface area contributed by atoms with Gasteiger partial charge in [0, 0.05) is 12.1 Å². The molecule has 0 aromatic rings. The molecule has 0 aliphatic carbocycles. The molecule has 1 aliphatic rings. The highest BCUT2D eigenvalue weighted by Gasteiger charge is 2.49. The molecule has 0 aromatic heterocycles. The van der Waals surface area contributed by atoms with E-state index in [9.17, 15) is 4.79 Å². The number of nitrogens with zero attached hydrogens (tertiary/aromatic N) is 1. The van der Waals surface area contributed by atoms with Crippen LogP contribution in [0.5, 0.6) is 0 Å². The van der Waals surface area contributed by atoms with E-state index in [-0.39, 0.29) is 22.4 Å². The molecular weight excluding hydrogens is 248 g/mol. The zero-order chi connectivity index (χ0) is 15.8. The van der Waals surface area contributed by atoms with Crippen molar-refractivity contribution in [2.75, 3.05) is 6.54 Å². The van der Waals surface area contributed by atoms with E-state index in [1.807, 2.05) is 0 Å². The van der Waals surface area contributed by atoms with Crippen molar-refractivity contribution in [2.45, 2.75) is 72.9 Å². The molecule has 0 unspecified atom stereocenters. The van der Waals surface area contributed by atoms with Gasteiger partial charge in [0.2, 0.25) is 0 Å². The zero-order valence-corrected chi connectivity index (χ0v) is 14.3. The lowest BCUT2D eigenvalue weighted by molar-refractivity contribution is -0.114. The minimum Gasteiger partial charge on any atom is -0.302 e. The average molecular weight is 280 g/mol. The maximum absolute atomic E-state index is 11.2. The summed E-state index contributed by atoms with van der Waals surface area (Å²) in [4.78, 5) is 11.2. The van der Waals surface area contributed by atoms with E-state index >= 15 is 0 Å². The smallest absolute Gasteiger partial charge is 0.138 e. The summed E-state index contributed by atoms with van der Waals surface area (Å²) in [6.45, 7) is 20.7. The molecule has 1 atom stereocenters. The summed E-state index contributed by atoms with van der Waals surface area (Å²) in [6, 6.07) is 0.0121. The number of aldehydes is 1. The second kappa shape index (κ2) is 5.61. The van der Waals surface area contributed by atoms with Crippen molar-refractivity contribution in [3.05, 3.63) is 12.2 Å². The Bertz CT molecular complexity index is 382. The summed E-state index contributed by atoms with van der Waals surface area (Å²) in [5, 5.41) is 2.11. The van der Waals surface area contributed by atoms with Crippen LogP contribution in [0.25, 0.3) is 0 Å². The highest BCUT2D eigenvalue weighted by molar-refractivity contribution is 5.57. The Balaban J connectivity index is 2.97. The van der Waals surface area contributed by atoms with Gasteiger partial charge in [0.25, 0.3) is 0 Å². The second-order valence-corrected chi connectivity index (χ2v) is 7.81. The van der Waals surface area contributed by atoms with Crippen molar-refractivity contribution in [1.29, 1.82) is 0 Å². The zero-order valence-electron chi connectivity index (χ0n) is 14.3. The van der Waals surface area contributed by atoms with E-state index in [0.29, 0.717) is 0 Å². The summed E-state index contributed by atoms with van der Waals surface area (Å²) < 4.78 is 0. The van der Waals surface area contributed by atoms with E-state index in [0.717, 1.165) is 25.7 Å². The first-order valence-electron chi connectivity index (χ1n) is 7.63. The van der Waals surface area contributed by atoms with E-state index in [4.69, 9.17) is 0 Å². The molecule has 116 valence electrons. The number of hydrazine groups is 1. The molecule has 1 rings (SSSR count). The fraction of sp³-hybridized carbons (Fsp3) is 0.824. The van der Waals surface area contributed by atoms with Crippen LogP contribution in [0.2, 0.25) is 0 Å². The fourth-order valence-corrected chi connectivity index (χ4v) is 2.89. The summed E-state index contributed by atoms with van der Waals surface area (Å²) in [6.07, 6.45) is 3.10. The Labute approximate surface area is 124 Å². The van der Waals surface area contributed by atoms with Gasteiger partial charge in [-0.2, -0.15) is 0 Å². The van der Waals surface area contributed by atoms with Gasteiger partial charge in [-0.15, -0.1) is 0 Å². The van der Waals surface area contributed by atoms with Gasteiger partial charge in [-0.3, -0.25) is 0 Å². The van der Waals surface area contributed by atoms with Gasteiger partial charge in [-0.05, 0) is 44.4 Å². The fourth-order valence-electron chi connectivity index (χ4n) is 2.89. The normalized spacial score (nSPS) is 22.1. The summed E-state index contributed by atoms with van der Waals surface area (Å²) in [5.74, 6) is 0. The quantitative estimate of drug-likeness (QED) is 0.596. The van der Waals surface area contributed by atoms with Crippen molar-refractivity contribution in [3.8, 4) is 0 Å². The molecule has 1 heterocycles. The van der Waals surface area contributed by atoms with Gasteiger partial charge in [0.15, 0.2) is 0 Å². The van der Waals surface area contributed by atoms with Crippen LogP contribution in [0.1, 0.15) is 61.3 Å². The van der Waals surface area contributed by atoms with Gasteiger partial charge in [-0.25, -0.2) is 10.4 Å². The molecule has 1 saturated heterocycles. The Kier molecular flexibility index (Phi) is 4.87. The number of carbonyl (C=O) groups is 1. The topological polar surface area (TPSA) is 32.3 Å². The van der Waals surface area contributed by atoms with E-state index < -0.39 is 0 Å². The number of allylic oxidation sites excluding steroid dienone is 1. The molecule has 0 bridgehead atoms. The Hall–Kier alpha value is -0.670. The SMILES string of the molecule is C=C(C)C(C)(C)C(C)(C)C(C)(C)NN1CCC[C@H]1C=O. The van der Waals surface area contributed by atoms with Crippen LogP contribution in [-0.4, -0.2) is 29.4 Å². The standard InChI is InChI=1S/C17H32N2O/c1-13(2)15(3,4)16(5,6)17(7,8)18-19-11-9-10-14(19)12-20/h12,14,18H,1,9-11H2,2-8H3/t14-/m0/s1. The summed E-state index contributed by atoms with van der Waals surface area (Å²) >= 11 is 0. The lowest BCUT2D eigenvalue weighted by atomic mass is 9.56. The monoisotopic (exact) mass is 280 g/mol. The maximum Gasteiger partial charge on any atom is 0.138 e. The molecule has 0 amide bonds. The largest absolute Gasteiger partial charge is 0.302 e. The lowest BCUT2D eigenvalue weighted by Gasteiger charge is -2.54. The van der Waals surface area contributed by atoms with Crippen LogP contribution in [0.4, 0.5) is 0 Å². The number of rotatable bonds is 6. The van der Waals surface area contributed by atoms with Crippen LogP contribution in [0.15, 0.2) is 12.2 Å². The maximum atomic E-state index is 11.2. The van der Waals surface area contributed by atoms with Gasteiger partial charge >= 0.3 is 0 Å². The Morgan fingerprint density at radius 3 is 2.25 bits per heavy atom. The summed E-state index contributed by atoms with van der Waals surface area (Å²) in [7, 11) is 0. The van der Waals surface area contributed by atoms with Gasteiger partial charge in [0.05, 0.1) is 6.04 Å². The predicted octanol–water partition coefficient (Wildman–Crippen LogP) is 3.56. The predicted molar refractivity (Wildman–Crippen MR) is 85.4 cm³/mol. The molecule has 3 heteroatoms. The van der Waals surface area contributed by atoms with Crippen molar-refractivity contribution < 1.29 is 4.79 Å². The molecule has 0 saturated carbocycles. The molecule has 20 heavy (non-hydrogen) atoms. The van der Waals surface area contributed by atoms with Crippen LogP contribution in [-0.2, 0) is 4.79 Å². The Morgan fingerprint density at radius 2 is 1.80 bits per heavy atom. The number of hydrogen-bond donors (Lipinski definition) is 1. The average Bonchev–Trinajstić information content (AvgIpc) is 2.74. The van der Waals surface area contributed by atoms with Gasteiger partial charge in [-0.1, -0.05) is 39.8 Å². The summed E-state index contributed by atoms with van der Waals surface area (Å²) in [5.41, 5.74) is 4.65. The van der Waals surface area contributed by atoms with Crippen LogP contribution >= 0.6 is 0 Å². The van der Waals surface area contributed by atoms with E-state index in [1.54, 1.807) is 0 Å². The minimum atomic E-state index is -0.138. The number of nitrogens with one attached hydrogen (secondary N) is 1. The third-order valence-electron chi connectivity index (χ3n) is 6.07. The first kappa shape index (κ1) is 17.4. The molecule has 3 nitrogen and oxygen atoms in total. The van der Waals surface area contributed by atoms with Gasteiger partial charge in [0.1, 0.15) is 6.29 Å². The molecule has 0 aromatic carbocycles. The minimum absolute atomic E-state index is 0.0000993. The molecule has 0 spiro atoms. The number of carbonyl (C=O) groups excluding carboxylic acids is 1. The van der Waals surface area contributed by atoms with Gasteiger partial charge < -0.3 is 4.79 Å². The third-order valence-corrected chi connectivity index (χ3v) is 6.07. The Morgan fingerprint density at radius 1 is 1.25 bits per heavy atom. The third kappa shape index (κ3) is 2.84. The van der Waals surface area contributed by atoms with Crippen molar-refractivity contribution in [2.24, 2.45) is 10.8 Å². The van der Waals surface area contributed by atoms with Crippen LogP contribution in [0.3, 0.4) is 0 Å². The molecule has 0 radical (unpaired) electrons. The van der Waals surface area contributed by atoms with Crippen molar-refractivity contribution in [1.82, 2.24) is 10.4 Å². The van der Waals surface area contributed by atoms with Crippen LogP contribution in [0, 0.1) is 10.8 Å². The first-order chi connectivity index (χ1) is 8.97. The molecular formula is C17H32N2O. The first-order valence-corrected chi connectivity index (χ1v) is 7.63.